The Hall–Kier alpha value is -1.08. The van der Waals surface area contributed by atoms with Gasteiger partial charge in [0.05, 0.1) is 0 Å². The maximum absolute atomic E-state index is 7.00. The van der Waals surface area contributed by atoms with Gasteiger partial charge in [-0.25, -0.2) is 0 Å². The lowest BCUT2D eigenvalue weighted by Gasteiger charge is -1.44. The van der Waals surface area contributed by atoms with Crippen molar-refractivity contribution in [1.29, 1.82) is 0 Å². The van der Waals surface area contributed by atoms with E-state index in [4.69, 9.17) is 5.11 Å². The summed E-state index contributed by atoms with van der Waals surface area (Å²) in [6.07, 6.45) is 5.03. The Morgan fingerprint density at radius 2 is 0.923 bits per heavy atom. The van der Waals surface area contributed by atoms with Gasteiger partial charge in [0, 0.05) is 7.11 Å². The van der Waals surface area contributed by atoms with Crippen molar-refractivity contribution in [3.63, 3.8) is 0 Å². The Bertz CT molecular complexity index is 59.5. The molecule has 1 N–H and O–H groups in total. The summed E-state index contributed by atoms with van der Waals surface area (Å²) in [5.41, 5.74) is 0. The molecule has 0 spiro atoms. The first kappa shape index (κ1) is 29.7. The van der Waals surface area contributed by atoms with Crippen molar-refractivity contribution in [3.8, 4) is 0 Å². The highest BCUT2D eigenvalue weighted by atomic mass is 16.2. The molecule has 0 aromatic rings. The fourth-order valence-corrected chi connectivity index (χ4v) is 0. The molecule has 13 heavy (non-hydrogen) atoms. The zero-order valence-corrected chi connectivity index (χ0v) is 9.71. The van der Waals surface area contributed by atoms with Gasteiger partial charge < -0.3 is 5.11 Å². The van der Waals surface area contributed by atoms with Crippen LogP contribution in [0.3, 0.4) is 0 Å². The van der Waals surface area contributed by atoms with Crippen LogP contribution in [0.5, 0.6) is 0 Å². The lowest BCUT2D eigenvalue weighted by Crippen LogP contribution is -1.25. The second kappa shape index (κ2) is 292. The van der Waals surface area contributed by atoms with Crippen molar-refractivity contribution < 1.29 is 5.11 Å². The molecule has 0 aromatic carbocycles. The Morgan fingerprint density at radius 3 is 0.923 bits per heavy atom. The van der Waals surface area contributed by atoms with Gasteiger partial charge in [0.2, 0.25) is 0 Å². The van der Waals surface area contributed by atoms with E-state index in [9.17, 15) is 0 Å². The average Bonchev–Trinajstić information content (AvgIpc) is 2.27. The summed E-state index contributed by atoms with van der Waals surface area (Å²) in [4.78, 5) is 0. The molecule has 0 heterocycles. The predicted octanol–water partition coefficient (Wildman–Crippen LogP) is 3.99. The highest BCUT2D eigenvalue weighted by Gasteiger charge is 1.29. The molecule has 1 nitrogen and oxygen atoms in total. The van der Waals surface area contributed by atoms with Crippen molar-refractivity contribution in [2.75, 3.05) is 7.11 Å². The van der Waals surface area contributed by atoms with Crippen LogP contribution < -0.4 is 0 Å². The van der Waals surface area contributed by atoms with Crippen LogP contribution in [0.15, 0.2) is 51.1 Å². The summed E-state index contributed by atoms with van der Waals surface area (Å²) in [6, 6.07) is 0. The highest BCUT2D eigenvalue weighted by molar-refractivity contribution is 4.88. The smallest absolute Gasteiger partial charge is 0.0319 e. The number of rotatable bonds is 1. The van der Waals surface area contributed by atoms with Crippen LogP contribution in [0, 0.1) is 0 Å². The average molecular weight is 186 g/mol. The topological polar surface area (TPSA) is 20.2 Å². The van der Waals surface area contributed by atoms with E-state index in [2.05, 4.69) is 32.9 Å². The quantitative estimate of drug-likeness (QED) is 0.485. The fraction of sp³-hybridized carbons (Fsp3) is 0.333. The van der Waals surface area contributed by atoms with Gasteiger partial charge >= 0.3 is 0 Å². The van der Waals surface area contributed by atoms with E-state index in [-0.39, 0.29) is 0 Å². The fourth-order valence-electron chi connectivity index (χ4n) is 0. The van der Waals surface area contributed by atoms with E-state index < -0.39 is 0 Å². The second-order valence-electron chi connectivity index (χ2n) is 0.880. The molecule has 0 saturated heterocycles. The number of hydrogen-bond acceptors (Lipinski definition) is 1. The van der Waals surface area contributed by atoms with Crippen LogP contribution in [0.2, 0.25) is 0 Å². The largest absolute Gasteiger partial charge is 0.400 e. The molecule has 0 saturated carbocycles. The highest BCUT2D eigenvalue weighted by Crippen LogP contribution is 1.52. The third-order valence-electron chi connectivity index (χ3n) is 0.167. The number of hydrogen-bond donors (Lipinski definition) is 1. The predicted molar refractivity (Wildman–Crippen MR) is 67.0 cm³/mol. The van der Waals surface area contributed by atoms with Crippen LogP contribution in [-0.4, -0.2) is 12.2 Å². The molecular formula is C12H26O. The van der Waals surface area contributed by atoms with Crippen molar-refractivity contribution >= 4 is 0 Å². The first-order valence-corrected chi connectivity index (χ1v) is 4.08. The summed E-state index contributed by atoms with van der Waals surface area (Å²) in [5, 5.41) is 7.00. The maximum Gasteiger partial charge on any atom is 0.0319 e. The molecule has 0 unspecified atom stereocenters. The molecule has 0 radical (unpaired) electrons. The molecule has 0 aliphatic heterocycles. The van der Waals surface area contributed by atoms with Crippen molar-refractivity contribution in [2.45, 2.75) is 20.8 Å². The number of allylic oxidation sites excluding steroid dienone is 3. The monoisotopic (exact) mass is 186 g/mol. The van der Waals surface area contributed by atoms with Crippen LogP contribution in [0.25, 0.3) is 0 Å². The summed E-state index contributed by atoms with van der Waals surface area (Å²) < 4.78 is 0. The van der Waals surface area contributed by atoms with Crippen molar-refractivity contribution in [3.05, 3.63) is 51.1 Å². The summed E-state index contributed by atoms with van der Waals surface area (Å²) >= 11 is 0. The van der Waals surface area contributed by atoms with Crippen LogP contribution in [0.4, 0.5) is 0 Å². The van der Waals surface area contributed by atoms with E-state index in [1.807, 2.05) is 20.8 Å². The van der Waals surface area contributed by atoms with Crippen molar-refractivity contribution in [2.24, 2.45) is 0 Å². The van der Waals surface area contributed by atoms with Gasteiger partial charge in [-0.3, -0.25) is 0 Å². The van der Waals surface area contributed by atoms with Gasteiger partial charge in [-0.15, -0.1) is 19.7 Å². The Balaban J connectivity index is -0.0000000215. The molecule has 0 aliphatic rings. The molecule has 1 heteroatoms. The molecule has 0 aromatic heterocycles. The third-order valence-corrected chi connectivity index (χ3v) is 0.167. The first-order valence-electron chi connectivity index (χ1n) is 4.08. The van der Waals surface area contributed by atoms with Gasteiger partial charge in [-0.1, -0.05) is 45.2 Å². The zero-order valence-electron chi connectivity index (χ0n) is 9.71. The molecule has 80 valence electrons. The van der Waals surface area contributed by atoms with Gasteiger partial charge in [0.15, 0.2) is 0 Å². The molecule has 0 aliphatic carbocycles. The van der Waals surface area contributed by atoms with Crippen molar-refractivity contribution in [1.82, 2.24) is 0 Å². The second-order valence-corrected chi connectivity index (χ2v) is 0.880. The Morgan fingerprint density at radius 1 is 0.846 bits per heavy atom. The number of aliphatic hydroxyl groups excluding tert-OH is 1. The van der Waals surface area contributed by atoms with E-state index in [0.717, 1.165) is 7.11 Å². The van der Waals surface area contributed by atoms with E-state index in [1.165, 1.54) is 0 Å². The van der Waals surface area contributed by atoms with Crippen LogP contribution in [-0.2, 0) is 0 Å². The molecular weight excluding hydrogens is 160 g/mol. The first-order chi connectivity index (χ1) is 6.33. The molecule has 0 atom stereocenters. The summed E-state index contributed by atoms with van der Waals surface area (Å²) in [6.45, 7) is 22.0. The van der Waals surface area contributed by atoms with E-state index >= 15 is 0 Å². The van der Waals surface area contributed by atoms with E-state index in [1.54, 1.807) is 18.2 Å². The lowest BCUT2D eigenvalue weighted by atomic mass is 10.6. The molecule has 0 bridgehead atoms. The molecule has 0 rings (SSSR count). The summed E-state index contributed by atoms with van der Waals surface area (Å²) in [7, 11) is 1.00. The standard InChI is InChI=1S/C4H6.C3H6.C2H6.C2H4.CH4O/c1-3-4-2;1-3-2;3*1-2/h3-4H,1-2H2;3H,1H2,2H3;1-2H3;1-2H2;2H,1H3. The molecule has 0 amide bonds. The zero-order chi connectivity index (χ0) is 12.1. The van der Waals surface area contributed by atoms with E-state index in [0.29, 0.717) is 0 Å². The number of aliphatic hydroxyl groups is 1. The molecule has 0 fully saturated rings. The Kier molecular flexibility index (Phi) is 666. The third kappa shape index (κ3) is 136000. The van der Waals surface area contributed by atoms with Gasteiger partial charge in [-0.05, 0) is 6.92 Å². The van der Waals surface area contributed by atoms with Crippen LogP contribution in [0.1, 0.15) is 20.8 Å². The van der Waals surface area contributed by atoms with Gasteiger partial charge in [0.25, 0.3) is 0 Å². The van der Waals surface area contributed by atoms with Gasteiger partial charge in [0.1, 0.15) is 0 Å². The normalized spacial score (nSPS) is 3.77. The van der Waals surface area contributed by atoms with Gasteiger partial charge in [-0.2, -0.15) is 0 Å². The SMILES string of the molecule is C=C.C=CC.C=CC=C.CC.CO. The minimum absolute atomic E-state index is 1.00. The Labute approximate surface area is 84.8 Å². The lowest BCUT2D eigenvalue weighted by molar-refractivity contribution is 0.399. The van der Waals surface area contributed by atoms with Crippen LogP contribution >= 0.6 is 0 Å². The minimum Gasteiger partial charge on any atom is -0.400 e. The summed E-state index contributed by atoms with van der Waals surface area (Å²) in [5.74, 6) is 0. The maximum atomic E-state index is 7.00. The minimum atomic E-state index is 1.00.